The number of nitrogens with zero attached hydrogens (tertiary/aromatic N) is 1. The van der Waals surface area contributed by atoms with Gasteiger partial charge in [-0.05, 0) is 44.6 Å². The molecule has 1 aliphatic heterocycles. The van der Waals surface area contributed by atoms with Crippen LogP contribution < -0.4 is 0 Å². The first-order chi connectivity index (χ1) is 9.41. The summed E-state index contributed by atoms with van der Waals surface area (Å²) < 4.78 is 0. The van der Waals surface area contributed by atoms with Gasteiger partial charge in [-0.1, -0.05) is 6.92 Å². The van der Waals surface area contributed by atoms with E-state index in [2.05, 4.69) is 11.9 Å². The number of amides is 1. The maximum Gasteiger partial charge on any atom is 0.352 e. The first-order valence-electron chi connectivity index (χ1n) is 7.13. The van der Waals surface area contributed by atoms with Gasteiger partial charge in [-0.3, -0.25) is 4.79 Å². The fourth-order valence-electron chi connectivity index (χ4n) is 2.91. The van der Waals surface area contributed by atoms with Gasteiger partial charge < -0.3 is 15.0 Å². The van der Waals surface area contributed by atoms with Crippen LogP contribution >= 0.6 is 0 Å². The second kappa shape index (κ2) is 5.69. The van der Waals surface area contributed by atoms with Crippen molar-refractivity contribution in [1.29, 1.82) is 0 Å². The van der Waals surface area contributed by atoms with Crippen LogP contribution in [0.3, 0.4) is 0 Å². The van der Waals surface area contributed by atoms with Gasteiger partial charge in [0.05, 0.1) is 5.56 Å². The van der Waals surface area contributed by atoms with Gasteiger partial charge in [-0.2, -0.15) is 0 Å². The van der Waals surface area contributed by atoms with Crippen LogP contribution in [0.25, 0.3) is 0 Å². The van der Waals surface area contributed by atoms with Crippen LogP contribution in [0.4, 0.5) is 0 Å². The van der Waals surface area contributed by atoms with Crippen molar-refractivity contribution in [3.63, 3.8) is 0 Å². The molecule has 1 saturated heterocycles. The van der Waals surface area contributed by atoms with Gasteiger partial charge in [0.1, 0.15) is 5.69 Å². The predicted molar refractivity (Wildman–Crippen MR) is 76.1 cm³/mol. The molecule has 1 amide bonds. The van der Waals surface area contributed by atoms with Crippen molar-refractivity contribution in [3.05, 3.63) is 22.5 Å². The average Bonchev–Trinajstić information content (AvgIpc) is 2.56. The summed E-state index contributed by atoms with van der Waals surface area (Å²) in [5, 5.41) is 9.12. The molecule has 0 spiro atoms. The smallest absolute Gasteiger partial charge is 0.352 e. The Bertz CT molecular complexity index is 533. The highest BCUT2D eigenvalue weighted by molar-refractivity contribution is 6.00. The molecule has 2 rings (SSSR count). The quantitative estimate of drug-likeness (QED) is 0.873. The predicted octanol–water partition coefficient (Wildman–Crippen LogP) is 2.59. The monoisotopic (exact) mass is 278 g/mol. The summed E-state index contributed by atoms with van der Waals surface area (Å²) >= 11 is 0. The summed E-state index contributed by atoms with van der Waals surface area (Å²) in [6.07, 6.45) is 3.18. The Morgan fingerprint density at radius 2 is 1.95 bits per heavy atom. The van der Waals surface area contributed by atoms with Crippen LogP contribution in [0.15, 0.2) is 0 Å². The Morgan fingerprint density at radius 3 is 2.55 bits per heavy atom. The zero-order valence-electron chi connectivity index (χ0n) is 12.3. The van der Waals surface area contributed by atoms with E-state index in [0.717, 1.165) is 32.4 Å². The molecule has 110 valence electrons. The van der Waals surface area contributed by atoms with Crippen LogP contribution in [0.2, 0.25) is 0 Å². The Hall–Kier alpha value is -1.78. The summed E-state index contributed by atoms with van der Waals surface area (Å²) in [5.74, 6) is -0.414. The number of nitrogens with one attached hydrogen (secondary N) is 1. The van der Waals surface area contributed by atoms with Gasteiger partial charge in [-0.25, -0.2) is 4.79 Å². The standard InChI is InChI=1S/C15H22N2O3/c1-9-5-4-7-17(8-6-9)14(18)12-10(2)13(15(19)20)16-11(12)3/h9,16H,4-8H2,1-3H3,(H,19,20). The van der Waals surface area contributed by atoms with Gasteiger partial charge >= 0.3 is 5.97 Å². The molecule has 1 aromatic heterocycles. The summed E-state index contributed by atoms with van der Waals surface area (Å²) in [4.78, 5) is 28.4. The molecule has 0 radical (unpaired) electrons. The summed E-state index contributed by atoms with van der Waals surface area (Å²) in [6, 6.07) is 0. The van der Waals surface area contributed by atoms with Crippen molar-refractivity contribution in [3.8, 4) is 0 Å². The van der Waals surface area contributed by atoms with Gasteiger partial charge in [0.2, 0.25) is 0 Å². The minimum atomic E-state index is -1.02. The molecular formula is C15H22N2O3. The zero-order chi connectivity index (χ0) is 14.9. The van der Waals surface area contributed by atoms with Crippen molar-refractivity contribution < 1.29 is 14.7 Å². The van der Waals surface area contributed by atoms with Gasteiger partial charge in [-0.15, -0.1) is 0 Å². The Labute approximate surface area is 119 Å². The van der Waals surface area contributed by atoms with E-state index in [4.69, 9.17) is 5.11 Å². The molecule has 1 fully saturated rings. The summed E-state index contributed by atoms with van der Waals surface area (Å²) in [6.45, 7) is 7.18. The van der Waals surface area contributed by atoms with Gasteiger partial charge in [0.25, 0.3) is 5.91 Å². The molecule has 0 bridgehead atoms. The van der Waals surface area contributed by atoms with E-state index in [-0.39, 0.29) is 11.6 Å². The van der Waals surface area contributed by atoms with Crippen LogP contribution in [0.1, 0.15) is 58.3 Å². The van der Waals surface area contributed by atoms with Crippen LogP contribution in [-0.4, -0.2) is 40.0 Å². The molecule has 0 saturated carbocycles. The van der Waals surface area contributed by atoms with E-state index in [9.17, 15) is 9.59 Å². The Morgan fingerprint density at radius 1 is 1.25 bits per heavy atom. The maximum absolute atomic E-state index is 12.6. The molecule has 2 N–H and O–H groups in total. The lowest BCUT2D eigenvalue weighted by Gasteiger charge is -2.21. The van der Waals surface area contributed by atoms with Crippen molar-refractivity contribution in [1.82, 2.24) is 9.88 Å². The van der Waals surface area contributed by atoms with E-state index in [1.165, 1.54) is 0 Å². The van der Waals surface area contributed by atoms with E-state index >= 15 is 0 Å². The van der Waals surface area contributed by atoms with E-state index in [1.807, 2.05) is 4.90 Å². The number of likely N-dealkylation sites (tertiary alicyclic amines) is 1. The van der Waals surface area contributed by atoms with E-state index in [0.29, 0.717) is 22.7 Å². The lowest BCUT2D eigenvalue weighted by atomic mass is 10.0. The number of aromatic amines is 1. The van der Waals surface area contributed by atoms with Crippen molar-refractivity contribution in [2.75, 3.05) is 13.1 Å². The SMILES string of the molecule is Cc1[nH]c(C(=O)O)c(C)c1C(=O)N1CCCC(C)CC1. The first kappa shape index (κ1) is 14.6. The third-order valence-electron chi connectivity index (χ3n) is 4.17. The fourth-order valence-corrected chi connectivity index (χ4v) is 2.91. The number of H-pyrrole nitrogens is 1. The highest BCUT2D eigenvalue weighted by Gasteiger charge is 2.26. The largest absolute Gasteiger partial charge is 0.477 e. The molecule has 1 aliphatic rings. The van der Waals surface area contributed by atoms with Crippen molar-refractivity contribution >= 4 is 11.9 Å². The normalized spacial score (nSPS) is 19.8. The molecular weight excluding hydrogens is 256 g/mol. The van der Waals surface area contributed by atoms with E-state index < -0.39 is 5.97 Å². The highest BCUT2D eigenvalue weighted by Crippen LogP contribution is 2.23. The minimum absolute atomic E-state index is 0.0437. The molecule has 5 nitrogen and oxygen atoms in total. The third-order valence-corrected chi connectivity index (χ3v) is 4.17. The summed E-state index contributed by atoms with van der Waals surface area (Å²) in [5.41, 5.74) is 1.82. The summed E-state index contributed by atoms with van der Waals surface area (Å²) in [7, 11) is 0. The molecule has 1 unspecified atom stereocenters. The molecule has 20 heavy (non-hydrogen) atoms. The third kappa shape index (κ3) is 2.71. The van der Waals surface area contributed by atoms with E-state index in [1.54, 1.807) is 13.8 Å². The van der Waals surface area contributed by atoms with Crippen LogP contribution in [0, 0.1) is 19.8 Å². The number of rotatable bonds is 2. The van der Waals surface area contributed by atoms with Crippen LogP contribution in [0.5, 0.6) is 0 Å². The molecule has 1 atom stereocenters. The Kier molecular flexibility index (Phi) is 4.16. The first-order valence-corrected chi connectivity index (χ1v) is 7.13. The maximum atomic E-state index is 12.6. The number of carboxylic acids is 1. The number of aromatic nitrogens is 1. The Balaban J connectivity index is 2.27. The molecule has 5 heteroatoms. The number of aryl methyl sites for hydroxylation is 1. The van der Waals surface area contributed by atoms with Crippen molar-refractivity contribution in [2.24, 2.45) is 5.92 Å². The fraction of sp³-hybridized carbons (Fsp3) is 0.600. The zero-order valence-corrected chi connectivity index (χ0v) is 12.3. The van der Waals surface area contributed by atoms with Gasteiger partial charge in [0, 0.05) is 18.8 Å². The number of carbonyl (C=O) groups excluding carboxylic acids is 1. The molecule has 2 heterocycles. The number of carboxylic acid groups (broad SMARTS) is 1. The highest BCUT2D eigenvalue weighted by atomic mass is 16.4. The molecule has 1 aromatic rings. The lowest BCUT2D eigenvalue weighted by molar-refractivity contribution is 0.0690. The van der Waals surface area contributed by atoms with Crippen LogP contribution in [-0.2, 0) is 0 Å². The number of aromatic carboxylic acids is 1. The topological polar surface area (TPSA) is 73.4 Å². The lowest BCUT2D eigenvalue weighted by Crippen LogP contribution is -2.32. The number of carbonyl (C=O) groups is 2. The number of hydrogen-bond donors (Lipinski definition) is 2. The minimum Gasteiger partial charge on any atom is -0.477 e. The average molecular weight is 278 g/mol. The van der Waals surface area contributed by atoms with Crippen molar-refractivity contribution in [2.45, 2.75) is 40.0 Å². The van der Waals surface area contributed by atoms with Gasteiger partial charge in [0.15, 0.2) is 0 Å². The second-order valence-corrected chi connectivity index (χ2v) is 5.76. The second-order valence-electron chi connectivity index (χ2n) is 5.76. The number of hydrogen-bond acceptors (Lipinski definition) is 2. The molecule has 0 aliphatic carbocycles. The molecule has 0 aromatic carbocycles.